The molecular formula is C22H38N4O3. The summed E-state index contributed by atoms with van der Waals surface area (Å²) in [6, 6.07) is 6.06. The minimum Gasteiger partial charge on any atom is -0.508 e. The summed E-state index contributed by atoms with van der Waals surface area (Å²) < 4.78 is 0. The number of unbranched alkanes of at least 4 members (excludes halogenated alkanes) is 5. The lowest BCUT2D eigenvalue weighted by Gasteiger charge is -2.18. The Morgan fingerprint density at radius 3 is 2.14 bits per heavy atom. The SMILES string of the molecule is CC(=O)NC(Cc1ccc(O)cc1)C(=O)NCCCCCCCCNCCCN. The standard InChI is InChI=1S/C22H38N4O3/c1-18(27)26-21(17-19-9-11-20(28)12-10-19)22(29)25-16-7-5-3-2-4-6-14-24-15-8-13-23/h9-12,21,24,28H,2-8,13-17,23H2,1H3,(H,25,29)(H,26,27). The number of amides is 2. The van der Waals surface area contributed by atoms with Gasteiger partial charge in [0.15, 0.2) is 0 Å². The Morgan fingerprint density at radius 2 is 1.52 bits per heavy atom. The highest BCUT2D eigenvalue weighted by Crippen LogP contribution is 2.11. The van der Waals surface area contributed by atoms with Crippen molar-refractivity contribution in [2.24, 2.45) is 5.73 Å². The Balaban J connectivity index is 2.16. The zero-order chi connectivity index (χ0) is 21.3. The van der Waals surface area contributed by atoms with E-state index in [0.29, 0.717) is 13.0 Å². The van der Waals surface area contributed by atoms with Gasteiger partial charge in [0.2, 0.25) is 11.8 Å². The number of hydrogen-bond donors (Lipinski definition) is 5. The molecule has 0 spiro atoms. The molecule has 0 saturated heterocycles. The van der Waals surface area contributed by atoms with Crippen LogP contribution in [-0.4, -0.2) is 49.1 Å². The fourth-order valence-corrected chi connectivity index (χ4v) is 3.09. The number of phenols is 1. The first kappa shape index (κ1) is 24.9. The van der Waals surface area contributed by atoms with E-state index in [-0.39, 0.29) is 17.6 Å². The number of nitrogens with one attached hydrogen (secondary N) is 3. The highest BCUT2D eigenvalue weighted by Gasteiger charge is 2.19. The van der Waals surface area contributed by atoms with Crippen molar-refractivity contribution in [1.29, 1.82) is 0 Å². The van der Waals surface area contributed by atoms with Crippen molar-refractivity contribution in [2.45, 2.75) is 64.3 Å². The maximum absolute atomic E-state index is 12.4. The highest BCUT2D eigenvalue weighted by atomic mass is 16.3. The molecule has 0 fully saturated rings. The molecule has 1 atom stereocenters. The van der Waals surface area contributed by atoms with Crippen LogP contribution >= 0.6 is 0 Å². The summed E-state index contributed by atoms with van der Waals surface area (Å²) in [4.78, 5) is 23.9. The first-order chi connectivity index (χ1) is 14.0. The minimum absolute atomic E-state index is 0.170. The Bertz CT molecular complexity index is 578. The van der Waals surface area contributed by atoms with Gasteiger partial charge in [0.05, 0.1) is 0 Å². The van der Waals surface area contributed by atoms with Crippen molar-refractivity contribution < 1.29 is 14.7 Å². The quantitative estimate of drug-likeness (QED) is 0.269. The Morgan fingerprint density at radius 1 is 0.931 bits per heavy atom. The lowest BCUT2D eigenvalue weighted by Crippen LogP contribution is -2.47. The molecule has 0 radical (unpaired) electrons. The third-order valence-corrected chi connectivity index (χ3v) is 4.71. The fraction of sp³-hybridized carbons (Fsp3) is 0.636. The second-order valence-corrected chi connectivity index (χ2v) is 7.43. The van der Waals surface area contributed by atoms with Crippen LogP contribution in [0.4, 0.5) is 0 Å². The summed E-state index contributed by atoms with van der Waals surface area (Å²) >= 11 is 0. The molecule has 2 amide bonds. The molecule has 0 heterocycles. The molecule has 29 heavy (non-hydrogen) atoms. The number of carbonyl (C=O) groups excluding carboxylic acids is 2. The van der Waals surface area contributed by atoms with Gasteiger partial charge in [-0.15, -0.1) is 0 Å². The number of rotatable bonds is 16. The molecule has 7 nitrogen and oxygen atoms in total. The van der Waals surface area contributed by atoms with Gasteiger partial charge in [-0.3, -0.25) is 9.59 Å². The topological polar surface area (TPSA) is 116 Å². The maximum Gasteiger partial charge on any atom is 0.242 e. The van der Waals surface area contributed by atoms with Crippen LogP contribution in [0, 0.1) is 0 Å². The maximum atomic E-state index is 12.4. The second-order valence-electron chi connectivity index (χ2n) is 7.43. The van der Waals surface area contributed by atoms with Crippen LogP contribution in [0.3, 0.4) is 0 Å². The van der Waals surface area contributed by atoms with Crippen LogP contribution in [-0.2, 0) is 16.0 Å². The molecule has 1 unspecified atom stereocenters. The molecule has 0 aliphatic rings. The van der Waals surface area contributed by atoms with E-state index < -0.39 is 6.04 Å². The molecular weight excluding hydrogens is 368 g/mol. The Kier molecular flexibility index (Phi) is 13.5. The van der Waals surface area contributed by atoms with Crippen LogP contribution in [0.25, 0.3) is 0 Å². The average molecular weight is 407 g/mol. The van der Waals surface area contributed by atoms with E-state index in [4.69, 9.17) is 5.73 Å². The van der Waals surface area contributed by atoms with Crippen LogP contribution in [0.2, 0.25) is 0 Å². The van der Waals surface area contributed by atoms with Crippen molar-refractivity contribution in [3.63, 3.8) is 0 Å². The van der Waals surface area contributed by atoms with E-state index >= 15 is 0 Å². The van der Waals surface area contributed by atoms with Gasteiger partial charge >= 0.3 is 0 Å². The number of aromatic hydroxyl groups is 1. The van der Waals surface area contributed by atoms with Gasteiger partial charge in [0.1, 0.15) is 11.8 Å². The van der Waals surface area contributed by atoms with Gasteiger partial charge in [-0.25, -0.2) is 0 Å². The summed E-state index contributed by atoms with van der Waals surface area (Å²) in [6.45, 7) is 4.83. The van der Waals surface area contributed by atoms with Gasteiger partial charge in [0, 0.05) is 19.9 Å². The van der Waals surface area contributed by atoms with Crippen molar-refractivity contribution in [3.8, 4) is 5.75 Å². The summed E-state index contributed by atoms with van der Waals surface area (Å²) in [6.07, 6.45) is 8.24. The van der Waals surface area contributed by atoms with Crippen molar-refractivity contribution >= 4 is 11.8 Å². The normalized spacial score (nSPS) is 11.8. The number of phenolic OH excluding ortho intramolecular Hbond substituents is 1. The van der Waals surface area contributed by atoms with Gasteiger partial charge < -0.3 is 26.8 Å². The van der Waals surface area contributed by atoms with E-state index in [1.165, 1.54) is 32.6 Å². The third kappa shape index (κ3) is 12.9. The number of nitrogens with two attached hydrogens (primary N) is 1. The third-order valence-electron chi connectivity index (χ3n) is 4.71. The molecule has 1 aromatic rings. The van der Waals surface area contributed by atoms with Crippen molar-refractivity contribution in [1.82, 2.24) is 16.0 Å². The fourth-order valence-electron chi connectivity index (χ4n) is 3.09. The van der Waals surface area contributed by atoms with Crippen LogP contribution < -0.4 is 21.7 Å². The summed E-state index contributed by atoms with van der Waals surface area (Å²) in [5, 5.41) is 18.4. The van der Waals surface area contributed by atoms with Crippen LogP contribution in [0.15, 0.2) is 24.3 Å². The number of hydrogen-bond acceptors (Lipinski definition) is 5. The molecule has 0 saturated carbocycles. The van der Waals surface area contributed by atoms with E-state index in [1.54, 1.807) is 24.3 Å². The molecule has 164 valence electrons. The summed E-state index contributed by atoms with van der Waals surface area (Å²) in [5.74, 6) is -0.226. The molecule has 0 bridgehead atoms. The molecule has 0 aliphatic heterocycles. The van der Waals surface area contributed by atoms with Gasteiger partial charge in [-0.2, -0.15) is 0 Å². The minimum atomic E-state index is -0.608. The molecule has 0 aromatic heterocycles. The van der Waals surface area contributed by atoms with Gasteiger partial charge in [0.25, 0.3) is 0 Å². The Labute approximate surface area is 174 Å². The summed E-state index contributed by atoms with van der Waals surface area (Å²) in [7, 11) is 0. The molecule has 1 rings (SSSR count). The van der Waals surface area contributed by atoms with E-state index in [2.05, 4.69) is 16.0 Å². The highest BCUT2D eigenvalue weighted by molar-refractivity contribution is 5.87. The van der Waals surface area contributed by atoms with E-state index in [9.17, 15) is 14.7 Å². The van der Waals surface area contributed by atoms with Crippen molar-refractivity contribution in [2.75, 3.05) is 26.2 Å². The first-order valence-electron chi connectivity index (χ1n) is 10.8. The first-order valence-corrected chi connectivity index (χ1v) is 10.8. The molecule has 6 N–H and O–H groups in total. The largest absolute Gasteiger partial charge is 0.508 e. The zero-order valence-electron chi connectivity index (χ0n) is 17.7. The van der Waals surface area contributed by atoms with E-state index in [1.807, 2.05) is 0 Å². The second kappa shape index (κ2) is 15.8. The van der Waals surface area contributed by atoms with Gasteiger partial charge in [-0.05, 0) is 56.6 Å². The van der Waals surface area contributed by atoms with Crippen molar-refractivity contribution in [3.05, 3.63) is 29.8 Å². The predicted octanol–water partition coefficient (Wildman–Crippen LogP) is 1.83. The zero-order valence-corrected chi connectivity index (χ0v) is 17.7. The smallest absolute Gasteiger partial charge is 0.242 e. The van der Waals surface area contributed by atoms with Gasteiger partial charge in [-0.1, -0.05) is 37.8 Å². The number of carbonyl (C=O) groups is 2. The lowest BCUT2D eigenvalue weighted by atomic mass is 10.0. The number of benzene rings is 1. The monoisotopic (exact) mass is 406 g/mol. The average Bonchev–Trinajstić information content (AvgIpc) is 2.69. The molecule has 0 aliphatic carbocycles. The Hall–Kier alpha value is -2.12. The van der Waals surface area contributed by atoms with E-state index in [0.717, 1.165) is 44.5 Å². The van der Waals surface area contributed by atoms with Crippen LogP contribution in [0.1, 0.15) is 57.4 Å². The summed E-state index contributed by atoms with van der Waals surface area (Å²) in [5.41, 5.74) is 6.34. The van der Waals surface area contributed by atoms with Crippen LogP contribution in [0.5, 0.6) is 5.75 Å². The predicted molar refractivity (Wildman–Crippen MR) is 117 cm³/mol. The lowest BCUT2D eigenvalue weighted by molar-refractivity contribution is -0.128. The molecule has 1 aromatic carbocycles. The molecule has 7 heteroatoms.